The van der Waals surface area contributed by atoms with Crippen LogP contribution in [0.15, 0.2) is 172 Å². The second-order valence-corrected chi connectivity index (χ2v) is 14.2. The van der Waals surface area contributed by atoms with Gasteiger partial charge in [0.15, 0.2) is 17.5 Å². The van der Waals surface area contributed by atoms with Crippen LogP contribution in [0.2, 0.25) is 0 Å². The summed E-state index contributed by atoms with van der Waals surface area (Å²) in [4.78, 5) is 19.2. The van der Waals surface area contributed by atoms with E-state index in [4.69, 9.17) is 15.0 Å². The first-order valence-corrected chi connectivity index (χ1v) is 16.8. The van der Waals surface area contributed by atoms with Crippen LogP contribution in [-0.2, 0) is 0 Å². The van der Waals surface area contributed by atoms with Crippen LogP contribution in [0.4, 0.5) is 0 Å². The third-order valence-corrected chi connectivity index (χ3v) is 12.1. The molecule has 1 aromatic heterocycles. The molecule has 0 N–H and O–H groups in total. The third kappa shape index (κ3) is 4.34. The molecule has 0 amide bonds. The number of hydrogen-bond acceptors (Lipinski definition) is 3. The Hall–Kier alpha value is -5.32. The molecule has 0 spiro atoms. The molecule has 0 aliphatic carbocycles. The highest BCUT2D eigenvalue weighted by Crippen LogP contribution is 2.74. The Morgan fingerprint density at radius 2 is 0.841 bits per heavy atom. The Labute approximate surface area is 259 Å². The molecule has 4 heteroatoms. The quantitative estimate of drug-likeness (QED) is 0.202. The maximum atomic E-state index is 5.05. The van der Waals surface area contributed by atoms with Crippen molar-refractivity contribution in [2.24, 2.45) is 0 Å². The summed E-state index contributed by atoms with van der Waals surface area (Å²) < 4.78 is 0. The van der Waals surface area contributed by atoms with Crippen LogP contribution >= 0.6 is 10.0 Å². The van der Waals surface area contributed by atoms with Crippen molar-refractivity contribution in [3.63, 3.8) is 0 Å². The van der Waals surface area contributed by atoms with Gasteiger partial charge in [-0.25, -0.2) is 15.0 Å². The molecule has 7 aromatic rings. The van der Waals surface area contributed by atoms with E-state index in [1.807, 2.05) is 60.7 Å². The van der Waals surface area contributed by atoms with Crippen molar-refractivity contribution in [2.75, 3.05) is 6.26 Å². The predicted octanol–water partition coefficient (Wildman–Crippen LogP) is 10.4. The molecule has 3 nitrogen and oxygen atoms in total. The van der Waals surface area contributed by atoms with Crippen molar-refractivity contribution in [2.45, 2.75) is 14.7 Å². The van der Waals surface area contributed by atoms with E-state index in [0.717, 1.165) is 27.8 Å². The van der Waals surface area contributed by atoms with Gasteiger partial charge in [0.2, 0.25) is 0 Å². The van der Waals surface area contributed by atoms with E-state index in [9.17, 15) is 0 Å². The molecule has 0 saturated carbocycles. The minimum absolute atomic E-state index is 0.662. The third-order valence-electron chi connectivity index (χ3n) is 8.43. The van der Waals surface area contributed by atoms with Crippen molar-refractivity contribution < 1.29 is 0 Å². The molecule has 210 valence electrons. The second kappa shape index (κ2) is 10.7. The molecular formula is C40H29N3S. The van der Waals surface area contributed by atoms with E-state index in [-0.39, 0.29) is 0 Å². The fourth-order valence-corrected chi connectivity index (χ4v) is 9.61. The molecule has 1 atom stereocenters. The lowest BCUT2D eigenvalue weighted by molar-refractivity contribution is 1.07. The van der Waals surface area contributed by atoms with Crippen molar-refractivity contribution in [3.8, 4) is 56.4 Å². The topological polar surface area (TPSA) is 38.7 Å². The monoisotopic (exact) mass is 583 g/mol. The summed E-state index contributed by atoms with van der Waals surface area (Å²) in [7, 11) is -1.44. The number of fused-ring (bicyclic) bond motifs is 3. The van der Waals surface area contributed by atoms with E-state index in [1.54, 1.807) is 0 Å². The minimum Gasteiger partial charge on any atom is -0.208 e. The van der Waals surface area contributed by atoms with Gasteiger partial charge in [-0.3, -0.25) is 0 Å². The van der Waals surface area contributed by atoms with E-state index in [0.29, 0.717) is 17.5 Å². The molecule has 1 aliphatic rings. The smallest absolute Gasteiger partial charge is 0.164 e. The summed E-state index contributed by atoms with van der Waals surface area (Å²) in [5.41, 5.74) is 7.82. The molecule has 1 unspecified atom stereocenters. The van der Waals surface area contributed by atoms with Crippen LogP contribution in [0.3, 0.4) is 0 Å². The normalized spacial score (nSPS) is 16.5. The van der Waals surface area contributed by atoms with Crippen molar-refractivity contribution in [3.05, 3.63) is 158 Å². The van der Waals surface area contributed by atoms with Crippen LogP contribution in [0.5, 0.6) is 0 Å². The fourth-order valence-electron chi connectivity index (χ4n) is 6.22. The molecule has 2 heterocycles. The highest BCUT2D eigenvalue weighted by atomic mass is 32.3. The lowest BCUT2D eigenvalue weighted by Crippen LogP contribution is -2.01. The standard InChI is InChI=1S/C40H29N3S/c1-44(31-19-9-4-10-20-31)36-24-14-13-22-33(36)34-26-25-30(27-37(34)44)32-21-11-12-23-35(32)40-42-38(28-15-5-2-6-16-28)41-39(43-40)29-17-7-3-8-18-29/h2-27H,1H3. The Balaban J connectivity index is 1.32. The largest absolute Gasteiger partial charge is 0.208 e. The molecule has 0 radical (unpaired) electrons. The Morgan fingerprint density at radius 3 is 1.48 bits per heavy atom. The Morgan fingerprint density at radius 1 is 0.364 bits per heavy atom. The number of rotatable bonds is 5. The maximum Gasteiger partial charge on any atom is 0.164 e. The van der Waals surface area contributed by atoms with Gasteiger partial charge in [-0.2, -0.15) is 10.0 Å². The summed E-state index contributed by atoms with van der Waals surface area (Å²) in [6, 6.07) is 55.6. The summed E-state index contributed by atoms with van der Waals surface area (Å²) in [6.45, 7) is 0. The average Bonchev–Trinajstić information content (AvgIpc) is 3.37. The van der Waals surface area contributed by atoms with Gasteiger partial charge in [-0.15, -0.1) is 0 Å². The second-order valence-electron chi connectivity index (χ2n) is 11.0. The van der Waals surface area contributed by atoms with E-state index in [1.165, 1.54) is 25.8 Å². The van der Waals surface area contributed by atoms with E-state index < -0.39 is 10.0 Å². The molecule has 1 aliphatic heterocycles. The van der Waals surface area contributed by atoms with Crippen LogP contribution < -0.4 is 0 Å². The SMILES string of the molecule is CS1(c2ccccc2)c2ccccc2-c2ccc(-c3ccccc3-c3nc(-c4ccccc4)nc(-c4ccccc4)n3)cc21. The van der Waals surface area contributed by atoms with Crippen molar-refractivity contribution in [1.29, 1.82) is 0 Å². The molecule has 0 saturated heterocycles. The van der Waals surface area contributed by atoms with Gasteiger partial charge in [0.25, 0.3) is 0 Å². The highest BCUT2D eigenvalue weighted by Gasteiger charge is 2.36. The molecule has 44 heavy (non-hydrogen) atoms. The zero-order chi connectivity index (χ0) is 29.5. The van der Waals surface area contributed by atoms with Crippen LogP contribution in [-0.4, -0.2) is 21.2 Å². The fraction of sp³-hybridized carbons (Fsp3) is 0.0250. The maximum absolute atomic E-state index is 5.05. The minimum atomic E-state index is -1.44. The number of nitrogens with zero attached hydrogens (tertiary/aromatic N) is 3. The molecule has 6 aromatic carbocycles. The first-order valence-electron chi connectivity index (χ1n) is 14.7. The number of benzene rings is 6. The summed E-state index contributed by atoms with van der Waals surface area (Å²) in [5, 5.41) is 0. The van der Waals surface area contributed by atoms with Gasteiger partial charge < -0.3 is 0 Å². The zero-order valence-electron chi connectivity index (χ0n) is 24.3. The molecule has 8 rings (SSSR count). The predicted molar refractivity (Wildman–Crippen MR) is 182 cm³/mol. The van der Waals surface area contributed by atoms with Crippen molar-refractivity contribution >= 4 is 10.0 Å². The Kier molecular flexibility index (Phi) is 6.43. The van der Waals surface area contributed by atoms with Gasteiger partial charge >= 0.3 is 0 Å². The first-order chi connectivity index (χ1) is 21.7. The van der Waals surface area contributed by atoms with Gasteiger partial charge in [-0.05, 0) is 57.7 Å². The Bertz CT molecular complexity index is 2070. The highest BCUT2D eigenvalue weighted by molar-refractivity contribution is 8.33. The molecule has 0 fully saturated rings. The lowest BCUT2D eigenvalue weighted by atomic mass is 9.96. The summed E-state index contributed by atoms with van der Waals surface area (Å²) in [5.74, 6) is 1.99. The van der Waals surface area contributed by atoms with Gasteiger partial charge in [0.1, 0.15) is 0 Å². The first kappa shape index (κ1) is 26.3. The van der Waals surface area contributed by atoms with Gasteiger partial charge in [-0.1, -0.05) is 133 Å². The summed E-state index contributed by atoms with van der Waals surface area (Å²) >= 11 is 0. The summed E-state index contributed by atoms with van der Waals surface area (Å²) in [6.07, 6.45) is 2.44. The van der Waals surface area contributed by atoms with Crippen LogP contribution in [0.25, 0.3) is 56.4 Å². The van der Waals surface area contributed by atoms with E-state index >= 15 is 0 Å². The lowest BCUT2D eigenvalue weighted by Gasteiger charge is -2.34. The number of aromatic nitrogens is 3. The molecular weight excluding hydrogens is 555 g/mol. The van der Waals surface area contributed by atoms with Gasteiger partial charge in [0.05, 0.1) is 0 Å². The van der Waals surface area contributed by atoms with Crippen LogP contribution in [0.1, 0.15) is 0 Å². The van der Waals surface area contributed by atoms with E-state index in [2.05, 4.69) is 103 Å². The number of hydrogen-bond donors (Lipinski definition) is 0. The van der Waals surface area contributed by atoms with Crippen molar-refractivity contribution in [1.82, 2.24) is 15.0 Å². The average molecular weight is 584 g/mol. The molecule has 0 bridgehead atoms. The zero-order valence-corrected chi connectivity index (χ0v) is 25.1. The van der Waals surface area contributed by atoms with Gasteiger partial charge in [0, 0.05) is 26.5 Å². The van der Waals surface area contributed by atoms with Crippen LogP contribution in [0, 0.1) is 0 Å².